The largest absolute Gasteiger partial charge is 0.451 e. The minimum absolute atomic E-state index is 0.154. The van der Waals surface area contributed by atoms with Gasteiger partial charge in [0.1, 0.15) is 6.54 Å². The predicted octanol–water partition coefficient (Wildman–Crippen LogP) is 1.19. The second-order valence-corrected chi connectivity index (χ2v) is 6.01. The normalized spacial score (nSPS) is 11.6. The second kappa shape index (κ2) is 10.3. The minimum Gasteiger partial charge on any atom is -0.451 e. The number of fused-ring (bicyclic) bond motifs is 1. The van der Waals surface area contributed by atoms with Gasteiger partial charge in [0, 0.05) is 13.7 Å². The van der Waals surface area contributed by atoms with E-state index in [-0.39, 0.29) is 18.9 Å². The third kappa shape index (κ3) is 6.38. The molecule has 0 bridgehead atoms. The average molecular weight is 372 g/mol. The summed E-state index contributed by atoms with van der Waals surface area (Å²) in [6.07, 6.45) is -0.786. The van der Waals surface area contributed by atoms with Crippen LogP contribution in [0.4, 0.5) is 0 Å². The van der Waals surface area contributed by atoms with E-state index >= 15 is 0 Å². The number of carbonyl (C=O) groups excluding carboxylic acids is 3. The molecule has 0 saturated carbocycles. The first-order chi connectivity index (χ1) is 13.0. The Bertz CT molecular complexity index is 801. The van der Waals surface area contributed by atoms with Crippen molar-refractivity contribution in [1.29, 1.82) is 0 Å². The number of amides is 2. The SMILES string of the molecule is COCCNC(=O)[C@@H](C)OC(=O)CNC(=O)Cc1cccc2ccccc12. The van der Waals surface area contributed by atoms with Crippen LogP contribution in [0.5, 0.6) is 0 Å². The van der Waals surface area contributed by atoms with Crippen LogP contribution in [-0.2, 0) is 30.3 Å². The van der Waals surface area contributed by atoms with Gasteiger partial charge in [-0.3, -0.25) is 14.4 Å². The smallest absolute Gasteiger partial charge is 0.326 e. The Morgan fingerprint density at radius 1 is 1.04 bits per heavy atom. The molecular weight excluding hydrogens is 348 g/mol. The van der Waals surface area contributed by atoms with Crippen molar-refractivity contribution in [2.75, 3.05) is 26.8 Å². The molecule has 0 aromatic heterocycles. The molecule has 1 atom stereocenters. The Balaban J connectivity index is 1.79. The number of benzene rings is 2. The van der Waals surface area contributed by atoms with Crippen LogP contribution in [0.25, 0.3) is 10.8 Å². The minimum atomic E-state index is -0.940. The quantitative estimate of drug-likeness (QED) is 0.509. The van der Waals surface area contributed by atoms with E-state index in [9.17, 15) is 14.4 Å². The molecule has 0 heterocycles. The van der Waals surface area contributed by atoms with Crippen molar-refractivity contribution in [2.24, 2.45) is 0 Å². The maximum absolute atomic E-state index is 12.1. The third-order valence-electron chi connectivity index (χ3n) is 3.94. The lowest BCUT2D eigenvalue weighted by Crippen LogP contribution is -2.40. The van der Waals surface area contributed by atoms with Crippen molar-refractivity contribution in [3.63, 3.8) is 0 Å². The van der Waals surface area contributed by atoms with Crippen molar-refractivity contribution in [3.8, 4) is 0 Å². The molecule has 0 radical (unpaired) electrons. The number of rotatable bonds is 9. The molecule has 2 rings (SSSR count). The van der Waals surface area contributed by atoms with Crippen LogP contribution >= 0.6 is 0 Å². The molecule has 2 N–H and O–H groups in total. The molecule has 0 aliphatic heterocycles. The highest BCUT2D eigenvalue weighted by Crippen LogP contribution is 2.18. The molecule has 0 fully saturated rings. The van der Waals surface area contributed by atoms with E-state index in [1.165, 1.54) is 14.0 Å². The number of ether oxygens (including phenoxy) is 2. The average Bonchev–Trinajstić information content (AvgIpc) is 2.66. The predicted molar refractivity (Wildman–Crippen MR) is 101 cm³/mol. The summed E-state index contributed by atoms with van der Waals surface area (Å²) in [6, 6.07) is 13.5. The van der Waals surface area contributed by atoms with Crippen LogP contribution < -0.4 is 10.6 Å². The molecule has 0 aliphatic carbocycles. The van der Waals surface area contributed by atoms with Gasteiger partial charge in [0.05, 0.1) is 13.0 Å². The molecular formula is C20H24N2O5. The lowest BCUT2D eigenvalue weighted by atomic mass is 10.0. The third-order valence-corrected chi connectivity index (χ3v) is 3.94. The van der Waals surface area contributed by atoms with E-state index < -0.39 is 18.0 Å². The van der Waals surface area contributed by atoms with Crippen LogP contribution in [0.1, 0.15) is 12.5 Å². The summed E-state index contributed by atoms with van der Waals surface area (Å²) < 4.78 is 9.83. The summed E-state index contributed by atoms with van der Waals surface area (Å²) in [7, 11) is 1.52. The van der Waals surface area contributed by atoms with Crippen LogP contribution in [0.3, 0.4) is 0 Å². The number of hydrogen-bond acceptors (Lipinski definition) is 5. The summed E-state index contributed by atoms with van der Waals surface area (Å²) in [4.78, 5) is 35.7. The van der Waals surface area contributed by atoms with Gasteiger partial charge in [-0.05, 0) is 23.3 Å². The zero-order valence-corrected chi connectivity index (χ0v) is 15.5. The van der Waals surface area contributed by atoms with E-state index in [0.29, 0.717) is 13.2 Å². The highest BCUT2D eigenvalue weighted by Gasteiger charge is 2.17. The standard InChI is InChI=1S/C20H24N2O5/c1-14(20(25)21-10-11-26-2)27-19(24)13-22-18(23)12-16-8-5-7-15-6-3-4-9-17(15)16/h3-9,14H,10-13H2,1-2H3,(H,21,25)(H,22,23)/t14-/m1/s1. The summed E-state index contributed by atoms with van der Waals surface area (Å²) in [5.74, 6) is -1.38. The first kappa shape index (κ1) is 20.4. The highest BCUT2D eigenvalue weighted by atomic mass is 16.5. The lowest BCUT2D eigenvalue weighted by molar-refractivity contribution is -0.154. The summed E-state index contributed by atoms with van der Waals surface area (Å²) in [5.41, 5.74) is 0.879. The van der Waals surface area contributed by atoms with Gasteiger partial charge in [-0.2, -0.15) is 0 Å². The lowest BCUT2D eigenvalue weighted by Gasteiger charge is -2.13. The van der Waals surface area contributed by atoms with Crippen molar-refractivity contribution < 1.29 is 23.9 Å². The van der Waals surface area contributed by atoms with E-state index in [4.69, 9.17) is 9.47 Å². The number of methoxy groups -OCH3 is 1. The van der Waals surface area contributed by atoms with E-state index in [1.807, 2.05) is 42.5 Å². The van der Waals surface area contributed by atoms with Crippen LogP contribution in [0, 0.1) is 0 Å². The molecule has 2 aromatic rings. The monoisotopic (exact) mass is 372 g/mol. The van der Waals surface area contributed by atoms with E-state index in [2.05, 4.69) is 10.6 Å². The summed E-state index contributed by atoms with van der Waals surface area (Å²) in [6.45, 7) is 1.88. The Labute approximate surface area is 158 Å². The fraction of sp³-hybridized carbons (Fsp3) is 0.350. The van der Waals surface area contributed by atoms with Gasteiger partial charge < -0.3 is 20.1 Å². The molecule has 0 unspecified atom stereocenters. The molecule has 144 valence electrons. The van der Waals surface area contributed by atoms with Crippen molar-refractivity contribution >= 4 is 28.6 Å². The zero-order chi connectivity index (χ0) is 19.6. The fourth-order valence-corrected chi connectivity index (χ4v) is 2.57. The van der Waals surface area contributed by atoms with E-state index in [1.54, 1.807) is 0 Å². The van der Waals surface area contributed by atoms with Gasteiger partial charge in [0.25, 0.3) is 5.91 Å². The molecule has 2 amide bonds. The first-order valence-corrected chi connectivity index (χ1v) is 8.70. The van der Waals surface area contributed by atoms with Gasteiger partial charge >= 0.3 is 5.97 Å². The molecule has 7 nitrogen and oxygen atoms in total. The van der Waals surface area contributed by atoms with Crippen LogP contribution in [0.15, 0.2) is 42.5 Å². The van der Waals surface area contributed by atoms with Gasteiger partial charge in [0.15, 0.2) is 6.10 Å². The fourth-order valence-electron chi connectivity index (χ4n) is 2.57. The van der Waals surface area contributed by atoms with Gasteiger partial charge in [-0.25, -0.2) is 0 Å². The highest BCUT2D eigenvalue weighted by molar-refractivity contribution is 5.91. The first-order valence-electron chi connectivity index (χ1n) is 8.70. The number of nitrogens with one attached hydrogen (secondary N) is 2. The number of carbonyl (C=O) groups is 3. The van der Waals surface area contributed by atoms with Gasteiger partial charge in [0.2, 0.25) is 5.91 Å². The van der Waals surface area contributed by atoms with Crippen molar-refractivity contribution in [1.82, 2.24) is 10.6 Å². The molecule has 7 heteroatoms. The Kier molecular flexibility index (Phi) is 7.76. The second-order valence-electron chi connectivity index (χ2n) is 6.01. The Hall–Kier alpha value is -2.93. The van der Waals surface area contributed by atoms with Crippen LogP contribution in [0.2, 0.25) is 0 Å². The van der Waals surface area contributed by atoms with Crippen molar-refractivity contribution in [2.45, 2.75) is 19.4 Å². The molecule has 2 aromatic carbocycles. The van der Waals surface area contributed by atoms with Crippen LogP contribution in [-0.4, -0.2) is 50.7 Å². The summed E-state index contributed by atoms with van der Waals surface area (Å²) in [5, 5.41) is 7.15. The zero-order valence-electron chi connectivity index (χ0n) is 15.5. The summed E-state index contributed by atoms with van der Waals surface area (Å²) >= 11 is 0. The maximum atomic E-state index is 12.1. The Morgan fingerprint density at radius 2 is 1.78 bits per heavy atom. The Morgan fingerprint density at radius 3 is 2.56 bits per heavy atom. The van der Waals surface area contributed by atoms with E-state index in [0.717, 1.165) is 16.3 Å². The topological polar surface area (TPSA) is 93.7 Å². The molecule has 0 spiro atoms. The maximum Gasteiger partial charge on any atom is 0.326 e. The van der Waals surface area contributed by atoms with Crippen molar-refractivity contribution in [3.05, 3.63) is 48.0 Å². The molecule has 27 heavy (non-hydrogen) atoms. The van der Waals surface area contributed by atoms with Gasteiger partial charge in [-0.15, -0.1) is 0 Å². The van der Waals surface area contributed by atoms with Gasteiger partial charge in [-0.1, -0.05) is 42.5 Å². The molecule has 0 saturated heterocycles. The number of esters is 1. The molecule has 0 aliphatic rings. The number of hydrogen-bond donors (Lipinski definition) is 2.